The first-order chi connectivity index (χ1) is 15.6. The third-order valence-corrected chi connectivity index (χ3v) is 6.46. The Morgan fingerprint density at radius 2 is 1.88 bits per heavy atom. The molecule has 0 aliphatic carbocycles. The molecule has 1 atom stereocenters. The predicted molar refractivity (Wildman–Crippen MR) is 119 cm³/mol. The van der Waals surface area contributed by atoms with Gasteiger partial charge in [-0.25, -0.2) is 4.39 Å². The summed E-state index contributed by atoms with van der Waals surface area (Å²) in [5, 5.41) is 11.3. The number of carbonyl (C=O) groups is 2. The minimum atomic E-state index is -0.366. The number of fused-ring (bicyclic) bond motifs is 1. The zero-order valence-corrected chi connectivity index (χ0v) is 17.8. The average molecular weight is 436 g/mol. The van der Waals surface area contributed by atoms with Crippen LogP contribution in [0.15, 0.2) is 48.5 Å². The van der Waals surface area contributed by atoms with E-state index in [2.05, 4.69) is 20.4 Å². The fourth-order valence-corrected chi connectivity index (χ4v) is 4.65. The molecule has 166 valence electrons. The first-order valence-corrected chi connectivity index (χ1v) is 11.1. The summed E-state index contributed by atoms with van der Waals surface area (Å²) in [6, 6.07) is 14.4. The number of anilines is 1. The molecule has 2 saturated heterocycles. The van der Waals surface area contributed by atoms with Crippen molar-refractivity contribution in [3.63, 3.8) is 0 Å². The number of aromatic amines is 1. The Bertz CT molecular complexity index is 1120. The molecular formula is C24H26FN5O2. The molecule has 8 heteroatoms. The SMILES string of the molecule is O=C(NC1CCN(Cc2ccc(F)cc2)CC1)[C@@H]1CC(=O)N(c2n[nH]c3ccccc23)C1. The van der Waals surface area contributed by atoms with Crippen molar-refractivity contribution in [2.75, 3.05) is 24.5 Å². The minimum Gasteiger partial charge on any atom is -0.353 e. The number of H-pyrrole nitrogens is 1. The molecule has 2 aromatic carbocycles. The molecule has 2 N–H and O–H groups in total. The number of likely N-dealkylation sites (tertiary alicyclic amines) is 1. The third kappa shape index (κ3) is 4.23. The number of nitrogens with one attached hydrogen (secondary N) is 2. The van der Waals surface area contributed by atoms with E-state index < -0.39 is 0 Å². The van der Waals surface area contributed by atoms with Crippen LogP contribution < -0.4 is 10.2 Å². The van der Waals surface area contributed by atoms with Crippen molar-refractivity contribution in [2.24, 2.45) is 5.92 Å². The van der Waals surface area contributed by atoms with Crippen molar-refractivity contribution >= 4 is 28.5 Å². The van der Waals surface area contributed by atoms with Crippen LogP contribution in [0.3, 0.4) is 0 Å². The highest BCUT2D eigenvalue weighted by atomic mass is 19.1. The second kappa shape index (κ2) is 8.70. The van der Waals surface area contributed by atoms with Gasteiger partial charge in [-0.3, -0.25) is 24.5 Å². The molecule has 2 aliphatic rings. The summed E-state index contributed by atoms with van der Waals surface area (Å²) in [5.41, 5.74) is 1.96. The Balaban J connectivity index is 1.14. The van der Waals surface area contributed by atoms with Gasteiger partial charge < -0.3 is 5.32 Å². The molecule has 2 aliphatic heterocycles. The number of carbonyl (C=O) groups excluding carboxylic acids is 2. The maximum atomic E-state index is 13.1. The number of aromatic nitrogens is 2. The van der Waals surface area contributed by atoms with Crippen molar-refractivity contribution in [1.29, 1.82) is 0 Å². The Morgan fingerprint density at radius 1 is 1.12 bits per heavy atom. The predicted octanol–water partition coefficient (Wildman–Crippen LogP) is 2.84. The second-order valence-electron chi connectivity index (χ2n) is 8.68. The Kier molecular flexibility index (Phi) is 5.61. The lowest BCUT2D eigenvalue weighted by Gasteiger charge is -2.32. The number of benzene rings is 2. The van der Waals surface area contributed by atoms with Gasteiger partial charge in [0.25, 0.3) is 0 Å². The summed E-state index contributed by atoms with van der Waals surface area (Å²) in [7, 11) is 0. The van der Waals surface area contributed by atoms with Crippen LogP contribution in [-0.4, -0.2) is 52.6 Å². The van der Waals surface area contributed by atoms with E-state index in [-0.39, 0.29) is 36.0 Å². The van der Waals surface area contributed by atoms with Crippen LogP contribution in [0.1, 0.15) is 24.8 Å². The molecule has 0 saturated carbocycles. The molecule has 5 rings (SSSR count). The first-order valence-electron chi connectivity index (χ1n) is 11.1. The maximum absolute atomic E-state index is 13.1. The normalized spacial score (nSPS) is 20.2. The van der Waals surface area contributed by atoms with Crippen molar-refractivity contribution in [1.82, 2.24) is 20.4 Å². The average Bonchev–Trinajstić information content (AvgIpc) is 3.40. The van der Waals surface area contributed by atoms with Crippen LogP contribution in [0.4, 0.5) is 10.2 Å². The Morgan fingerprint density at radius 3 is 2.66 bits per heavy atom. The molecule has 7 nitrogen and oxygen atoms in total. The van der Waals surface area contributed by atoms with Gasteiger partial charge in [-0.15, -0.1) is 0 Å². The topological polar surface area (TPSA) is 81.3 Å². The van der Waals surface area contributed by atoms with Crippen molar-refractivity contribution in [2.45, 2.75) is 31.8 Å². The quantitative estimate of drug-likeness (QED) is 0.646. The van der Waals surface area contributed by atoms with Crippen LogP contribution in [0.5, 0.6) is 0 Å². The summed E-state index contributed by atoms with van der Waals surface area (Å²) in [6.07, 6.45) is 1.93. The van der Waals surface area contributed by atoms with Crippen LogP contribution in [0.2, 0.25) is 0 Å². The fourth-order valence-electron chi connectivity index (χ4n) is 4.65. The van der Waals surface area contributed by atoms with E-state index in [1.165, 1.54) is 12.1 Å². The molecule has 0 unspecified atom stereocenters. The van der Waals surface area contributed by atoms with Gasteiger partial charge in [0.1, 0.15) is 5.82 Å². The van der Waals surface area contributed by atoms with E-state index in [4.69, 9.17) is 0 Å². The lowest BCUT2D eigenvalue weighted by molar-refractivity contribution is -0.127. The molecule has 2 fully saturated rings. The summed E-state index contributed by atoms with van der Waals surface area (Å²) >= 11 is 0. The lowest BCUT2D eigenvalue weighted by Crippen LogP contribution is -2.46. The highest BCUT2D eigenvalue weighted by molar-refractivity contribution is 6.05. The highest BCUT2D eigenvalue weighted by Crippen LogP contribution is 2.30. The molecule has 3 aromatic rings. The molecule has 0 radical (unpaired) electrons. The van der Waals surface area contributed by atoms with Crippen molar-refractivity contribution in [3.8, 4) is 0 Å². The maximum Gasteiger partial charge on any atom is 0.229 e. The largest absolute Gasteiger partial charge is 0.353 e. The molecule has 1 aromatic heterocycles. The Labute approximate surface area is 185 Å². The number of para-hydroxylation sites is 1. The van der Waals surface area contributed by atoms with Crippen LogP contribution in [-0.2, 0) is 16.1 Å². The van der Waals surface area contributed by atoms with Gasteiger partial charge in [-0.2, -0.15) is 5.10 Å². The number of hydrogen-bond donors (Lipinski definition) is 2. The van der Waals surface area contributed by atoms with E-state index in [1.54, 1.807) is 4.90 Å². The monoisotopic (exact) mass is 435 g/mol. The summed E-state index contributed by atoms with van der Waals surface area (Å²) in [4.78, 5) is 29.4. The standard InChI is InChI=1S/C24H26FN5O2/c25-18-7-5-16(6-8-18)14-29-11-9-19(10-12-29)26-24(32)17-13-22(31)30(15-17)23-20-3-1-2-4-21(20)27-28-23/h1-8,17,19H,9-15H2,(H,26,32)(H,27,28)/t17-/m1/s1. The van der Waals surface area contributed by atoms with Crippen molar-refractivity contribution in [3.05, 3.63) is 59.9 Å². The summed E-state index contributed by atoms with van der Waals surface area (Å²) in [6.45, 7) is 2.88. The number of nitrogens with zero attached hydrogens (tertiary/aromatic N) is 3. The molecular weight excluding hydrogens is 409 g/mol. The van der Waals surface area contributed by atoms with Crippen molar-refractivity contribution < 1.29 is 14.0 Å². The minimum absolute atomic E-state index is 0.0577. The zero-order valence-electron chi connectivity index (χ0n) is 17.8. The number of amides is 2. The van der Waals surface area contributed by atoms with E-state index in [9.17, 15) is 14.0 Å². The first kappa shape index (κ1) is 20.6. The van der Waals surface area contributed by atoms with Crippen LogP contribution in [0.25, 0.3) is 10.9 Å². The summed E-state index contributed by atoms with van der Waals surface area (Å²) < 4.78 is 13.1. The molecule has 2 amide bonds. The lowest BCUT2D eigenvalue weighted by atomic mass is 10.0. The smallest absolute Gasteiger partial charge is 0.229 e. The van der Waals surface area contributed by atoms with Gasteiger partial charge in [-0.1, -0.05) is 24.3 Å². The van der Waals surface area contributed by atoms with Crippen LogP contribution in [0, 0.1) is 11.7 Å². The molecule has 0 bridgehead atoms. The second-order valence-corrected chi connectivity index (χ2v) is 8.68. The number of halogens is 1. The van der Waals surface area contributed by atoms with Gasteiger partial charge in [0, 0.05) is 44.0 Å². The molecule has 32 heavy (non-hydrogen) atoms. The highest BCUT2D eigenvalue weighted by Gasteiger charge is 2.37. The van der Waals surface area contributed by atoms with E-state index in [0.717, 1.165) is 48.9 Å². The van der Waals surface area contributed by atoms with E-state index in [0.29, 0.717) is 12.4 Å². The van der Waals surface area contributed by atoms with Gasteiger partial charge in [0.2, 0.25) is 11.8 Å². The van der Waals surface area contributed by atoms with Crippen LogP contribution >= 0.6 is 0 Å². The molecule has 3 heterocycles. The fraction of sp³-hybridized carbons (Fsp3) is 0.375. The zero-order chi connectivity index (χ0) is 22.1. The van der Waals surface area contributed by atoms with Gasteiger partial charge in [0.05, 0.1) is 11.4 Å². The van der Waals surface area contributed by atoms with Gasteiger partial charge >= 0.3 is 0 Å². The number of hydrogen-bond acceptors (Lipinski definition) is 4. The Hall–Kier alpha value is -3.26. The van der Waals surface area contributed by atoms with Gasteiger partial charge in [0.15, 0.2) is 5.82 Å². The summed E-state index contributed by atoms with van der Waals surface area (Å²) in [5.74, 6) is -0.126. The van der Waals surface area contributed by atoms with E-state index in [1.807, 2.05) is 36.4 Å². The van der Waals surface area contributed by atoms with Gasteiger partial charge in [-0.05, 0) is 42.7 Å². The molecule has 0 spiro atoms. The number of piperidine rings is 1. The number of rotatable bonds is 5. The third-order valence-electron chi connectivity index (χ3n) is 6.46. The van der Waals surface area contributed by atoms with E-state index >= 15 is 0 Å².